The molecule has 1 aromatic rings. The van der Waals surface area contributed by atoms with E-state index in [2.05, 4.69) is 0 Å². The molecule has 1 atom stereocenters. The van der Waals surface area contributed by atoms with Gasteiger partial charge in [-0.25, -0.2) is 9.59 Å². The van der Waals surface area contributed by atoms with Crippen LogP contribution in [0.4, 0.5) is 0 Å². The van der Waals surface area contributed by atoms with Gasteiger partial charge >= 0.3 is 11.9 Å². The molecule has 1 rings (SSSR count). The van der Waals surface area contributed by atoms with Gasteiger partial charge in [0.15, 0.2) is 0 Å². The lowest BCUT2D eigenvalue weighted by Crippen LogP contribution is -2.46. The summed E-state index contributed by atoms with van der Waals surface area (Å²) in [4.78, 5) is 21.7. The minimum atomic E-state index is -1.82. The first-order valence-corrected chi connectivity index (χ1v) is 4.87. The Hall–Kier alpha value is -1.92. The zero-order valence-electron chi connectivity index (χ0n) is 9.00. The standard InChI is InChI=1S/C11H13NO5/c12-7-11(10(15)16,17-6-9(13)14)8-4-2-1-3-5-8/h1-5H,6-7,12H2,(H,13,14)(H,15,16). The molecule has 0 amide bonds. The normalized spacial score (nSPS) is 13.9. The van der Waals surface area contributed by atoms with Crippen LogP contribution in [-0.4, -0.2) is 35.3 Å². The van der Waals surface area contributed by atoms with E-state index in [0.717, 1.165) is 0 Å². The Balaban J connectivity index is 3.09. The topological polar surface area (TPSA) is 110 Å². The summed E-state index contributed by atoms with van der Waals surface area (Å²) < 4.78 is 4.96. The van der Waals surface area contributed by atoms with Crippen LogP contribution in [0.15, 0.2) is 30.3 Å². The molecule has 0 radical (unpaired) electrons. The fourth-order valence-electron chi connectivity index (χ4n) is 1.42. The molecule has 17 heavy (non-hydrogen) atoms. The Morgan fingerprint density at radius 1 is 1.24 bits per heavy atom. The van der Waals surface area contributed by atoms with Gasteiger partial charge in [-0.1, -0.05) is 30.3 Å². The molecular formula is C11H13NO5. The molecule has 0 bridgehead atoms. The fraction of sp³-hybridized carbons (Fsp3) is 0.273. The molecule has 0 spiro atoms. The van der Waals surface area contributed by atoms with Gasteiger partial charge in [0.05, 0.1) is 0 Å². The third-order valence-corrected chi connectivity index (χ3v) is 2.32. The summed E-state index contributed by atoms with van der Waals surface area (Å²) >= 11 is 0. The maximum absolute atomic E-state index is 11.3. The average molecular weight is 239 g/mol. The Labute approximate surface area is 97.6 Å². The number of nitrogens with two attached hydrogens (primary N) is 1. The maximum Gasteiger partial charge on any atom is 0.342 e. The molecule has 1 unspecified atom stereocenters. The predicted molar refractivity (Wildman–Crippen MR) is 58.4 cm³/mol. The average Bonchev–Trinajstić information content (AvgIpc) is 2.31. The van der Waals surface area contributed by atoms with Gasteiger partial charge < -0.3 is 20.7 Å². The predicted octanol–water partition coefficient (Wildman–Crippen LogP) is 0.0264. The van der Waals surface area contributed by atoms with Crippen molar-refractivity contribution < 1.29 is 24.5 Å². The van der Waals surface area contributed by atoms with Crippen molar-refractivity contribution >= 4 is 11.9 Å². The van der Waals surface area contributed by atoms with Crippen molar-refractivity contribution in [2.24, 2.45) is 5.73 Å². The molecule has 0 aliphatic carbocycles. The van der Waals surface area contributed by atoms with Crippen LogP contribution in [0.1, 0.15) is 5.56 Å². The number of ether oxygens (including phenoxy) is 1. The van der Waals surface area contributed by atoms with E-state index in [1.807, 2.05) is 0 Å². The molecule has 0 aliphatic rings. The van der Waals surface area contributed by atoms with E-state index >= 15 is 0 Å². The summed E-state index contributed by atoms with van der Waals surface area (Å²) in [6.45, 7) is -1.07. The van der Waals surface area contributed by atoms with Crippen LogP contribution in [0.3, 0.4) is 0 Å². The SMILES string of the molecule is NCC(OCC(=O)O)(C(=O)O)c1ccccc1. The second-order valence-corrected chi connectivity index (χ2v) is 3.38. The number of hydrogen-bond acceptors (Lipinski definition) is 4. The lowest BCUT2D eigenvalue weighted by atomic mass is 9.94. The largest absolute Gasteiger partial charge is 0.480 e. The van der Waals surface area contributed by atoms with Crippen molar-refractivity contribution in [3.63, 3.8) is 0 Å². The lowest BCUT2D eigenvalue weighted by molar-refractivity contribution is -0.171. The maximum atomic E-state index is 11.3. The van der Waals surface area contributed by atoms with Gasteiger partial charge in [-0.15, -0.1) is 0 Å². The fourth-order valence-corrected chi connectivity index (χ4v) is 1.42. The van der Waals surface area contributed by atoms with E-state index in [-0.39, 0.29) is 6.54 Å². The summed E-state index contributed by atoms with van der Waals surface area (Å²) in [7, 11) is 0. The van der Waals surface area contributed by atoms with E-state index < -0.39 is 24.1 Å². The minimum absolute atomic E-state index is 0.316. The highest BCUT2D eigenvalue weighted by Crippen LogP contribution is 2.25. The Kier molecular flexibility index (Phi) is 4.19. The first-order valence-electron chi connectivity index (χ1n) is 4.87. The molecule has 0 aliphatic heterocycles. The Morgan fingerprint density at radius 2 is 1.82 bits per heavy atom. The first-order chi connectivity index (χ1) is 8.03. The monoisotopic (exact) mass is 239 g/mol. The second kappa shape index (κ2) is 5.42. The van der Waals surface area contributed by atoms with E-state index in [4.69, 9.17) is 15.6 Å². The van der Waals surface area contributed by atoms with Crippen molar-refractivity contribution in [2.75, 3.05) is 13.2 Å². The molecule has 0 fully saturated rings. The third kappa shape index (κ3) is 2.80. The molecular weight excluding hydrogens is 226 g/mol. The lowest BCUT2D eigenvalue weighted by Gasteiger charge is -2.27. The van der Waals surface area contributed by atoms with Gasteiger partial charge in [0.2, 0.25) is 5.60 Å². The molecule has 6 heteroatoms. The van der Waals surface area contributed by atoms with Crippen LogP contribution in [0.2, 0.25) is 0 Å². The van der Waals surface area contributed by atoms with Crippen LogP contribution in [0.5, 0.6) is 0 Å². The van der Waals surface area contributed by atoms with Crippen molar-refractivity contribution in [1.29, 1.82) is 0 Å². The number of aliphatic carboxylic acids is 2. The minimum Gasteiger partial charge on any atom is -0.480 e. The molecule has 4 N–H and O–H groups in total. The molecule has 1 aromatic carbocycles. The van der Waals surface area contributed by atoms with Crippen LogP contribution >= 0.6 is 0 Å². The number of carbonyl (C=O) groups is 2. The zero-order valence-corrected chi connectivity index (χ0v) is 9.00. The zero-order chi connectivity index (χ0) is 12.9. The number of hydrogen-bond donors (Lipinski definition) is 3. The van der Waals surface area contributed by atoms with Crippen molar-refractivity contribution in [2.45, 2.75) is 5.60 Å². The summed E-state index contributed by atoms with van der Waals surface area (Å²) in [5, 5.41) is 17.7. The smallest absolute Gasteiger partial charge is 0.342 e. The summed E-state index contributed by atoms with van der Waals surface area (Å²) in [5.41, 5.74) is 3.92. The van der Waals surface area contributed by atoms with E-state index in [9.17, 15) is 14.7 Å². The molecule has 0 saturated heterocycles. The van der Waals surface area contributed by atoms with E-state index in [0.29, 0.717) is 5.56 Å². The van der Waals surface area contributed by atoms with Gasteiger partial charge in [0.1, 0.15) is 6.61 Å². The van der Waals surface area contributed by atoms with Gasteiger partial charge in [-0.2, -0.15) is 0 Å². The highest BCUT2D eigenvalue weighted by atomic mass is 16.5. The quantitative estimate of drug-likeness (QED) is 0.645. The third-order valence-electron chi connectivity index (χ3n) is 2.32. The van der Waals surface area contributed by atoms with Crippen molar-refractivity contribution in [3.8, 4) is 0 Å². The second-order valence-electron chi connectivity index (χ2n) is 3.38. The van der Waals surface area contributed by atoms with E-state index in [1.165, 1.54) is 12.1 Å². The molecule has 0 aromatic heterocycles. The number of rotatable bonds is 6. The summed E-state index contributed by atoms with van der Waals surface area (Å²) in [6.07, 6.45) is 0. The van der Waals surface area contributed by atoms with Gasteiger partial charge in [-0.05, 0) is 5.56 Å². The van der Waals surface area contributed by atoms with Crippen LogP contribution in [0, 0.1) is 0 Å². The molecule has 6 nitrogen and oxygen atoms in total. The molecule has 92 valence electrons. The Morgan fingerprint density at radius 3 is 2.24 bits per heavy atom. The van der Waals surface area contributed by atoms with Crippen LogP contribution < -0.4 is 5.73 Å². The van der Waals surface area contributed by atoms with Crippen molar-refractivity contribution in [3.05, 3.63) is 35.9 Å². The highest BCUT2D eigenvalue weighted by molar-refractivity contribution is 5.80. The molecule has 0 saturated carbocycles. The highest BCUT2D eigenvalue weighted by Gasteiger charge is 2.41. The van der Waals surface area contributed by atoms with Gasteiger partial charge in [-0.3, -0.25) is 0 Å². The number of carboxylic acid groups (broad SMARTS) is 2. The number of benzene rings is 1. The molecule has 0 heterocycles. The van der Waals surface area contributed by atoms with Crippen LogP contribution in [-0.2, 0) is 19.9 Å². The summed E-state index contributed by atoms with van der Waals surface area (Å²) in [6, 6.07) is 8.04. The first kappa shape index (κ1) is 13.1. The number of carboxylic acids is 2. The Bertz CT molecular complexity index is 406. The summed E-state index contributed by atoms with van der Waals surface area (Å²) in [5.74, 6) is -2.56. The van der Waals surface area contributed by atoms with Crippen molar-refractivity contribution in [1.82, 2.24) is 0 Å². The van der Waals surface area contributed by atoms with Gasteiger partial charge in [0, 0.05) is 6.54 Å². The van der Waals surface area contributed by atoms with E-state index in [1.54, 1.807) is 18.2 Å². The van der Waals surface area contributed by atoms with Crippen LogP contribution in [0.25, 0.3) is 0 Å². The van der Waals surface area contributed by atoms with Gasteiger partial charge in [0.25, 0.3) is 0 Å².